The van der Waals surface area contributed by atoms with Crippen LogP contribution in [0.2, 0.25) is 0 Å². The van der Waals surface area contributed by atoms with Gasteiger partial charge in [-0.3, -0.25) is 4.79 Å². The van der Waals surface area contributed by atoms with Crippen LogP contribution in [0, 0.1) is 6.92 Å². The molecule has 0 aromatic heterocycles. The Balaban J connectivity index is 2.26. The lowest BCUT2D eigenvalue weighted by Gasteiger charge is -2.20. The van der Waals surface area contributed by atoms with E-state index in [-0.39, 0.29) is 12.5 Å². The van der Waals surface area contributed by atoms with Crippen LogP contribution in [0.5, 0.6) is 0 Å². The molecule has 0 bridgehead atoms. The van der Waals surface area contributed by atoms with Crippen molar-refractivity contribution in [2.24, 2.45) is 5.16 Å². The Morgan fingerprint density at radius 2 is 1.86 bits per heavy atom. The SMILES string of the molecule is CNC(=O)C(NOC)c1cccc(C)c1CO/N=C(\COC)c1ccccc1. The third-order valence-corrected chi connectivity index (χ3v) is 4.27. The van der Waals surface area contributed by atoms with E-state index < -0.39 is 6.04 Å². The summed E-state index contributed by atoms with van der Waals surface area (Å²) in [4.78, 5) is 23.0. The van der Waals surface area contributed by atoms with Gasteiger partial charge in [-0.25, -0.2) is 0 Å². The number of carbonyl (C=O) groups is 1. The smallest absolute Gasteiger partial charge is 0.243 e. The number of nitrogens with zero attached hydrogens (tertiary/aromatic N) is 1. The second kappa shape index (κ2) is 11.2. The van der Waals surface area contributed by atoms with E-state index in [1.165, 1.54) is 7.11 Å². The Morgan fingerprint density at radius 3 is 2.50 bits per heavy atom. The van der Waals surface area contributed by atoms with Crippen LogP contribution < -0.4 is 10.8 Å². The third kappa shape index (κ3) is 5.63. The highest BCUT2D eigenvalue weighted by Gasteiger charge is 2.23. The van der Waals surface area contributed by atoms with Gasteiger partial charge in [0.2, 0.25) is 5.91 Å². The quantitative estimate of drug-likeness (QED) is 0.485. The highest BCUT2D eigenvalue weighted by Crippen LogP contribution is 2.23. The van der Waals surface area contributed by atoms with Crippen molar-refractivity contribution >= 4 is 11.6 Å². The van der Waals surface area contributed by atoms with Crippen LogP contribution in [0.3, 0.4) is 0 Å². The molecule has 0 saturated carbocycles. The van der Waals surface area contributed by atoms with Gasteiger partial charge < -0.3 is 19.7 Å². The van der Waals surface area contributed by atoms with E-state index in [1.54, 1.807) is 14.2 Å². The predicted octanol–water partition coefficient (Wildman–Crippen LogP) is 2.50. The van der Waals surface area contributed by atoms with E-state index in [2.05, 4.69) is 16.0 Å². The van der Waals surface area contributed by atoms with Crippen molar-refractivity contribution < 1.29 is 19.2 Å². The summed E-state index contributed by atoms with van der Waals surface area (Å²) >= 11 is 0. The number of ether oxygens (including phenoxy) is 1. The molecule has 1 amide bonds. The Labute approximate surface area is 165 Å². The molecule has 0 radical (unpaired) electrons. The number of methoxy groups -OCH3 is 1. The number of hydrogen-bond acceptors (Lipinski definition) is 6. The fourth-order valence-corrected chi connectivity index (χ4v) is 2.82. The molecule has 7 nitrogen and oxygen atoms in total. The van der Waals surface area contributed by atoms with E-state index in [4.69, 9.17) is 14.4 Å². The minimum absolute atomic E-state index is 0.207. The third-order valence-electron chi connectivity index (χ3n) is 4.27. The van der Waals surface area contributed by atoms with Crippen molar-refractivity contribution in [3.05, 3.63) is 70.8 Å². The zero-order valence-electron chi connectivity index (χ0n) is 16.7. The van der Waals surface area contributed by atoms with Crippen LogP contribution in [0.25, 0.3) is 0 Å². The lowest BCUT2D eigenvalue weighted by Crippen LogP contribution is -2.36. The predicted molar refractivity (Wildman–Crippen MR) is 108 cm³/mol. The van der Waals surface area contributed by atoms with Crippen LogP contribution in [-0.2, 0) is 25.8 Å². The number of carbonyl (C=O) groups excluding carboxylic acids is 1. The topological polar surface area (TPSA) is 81.2 Å². The van der Waals surface area contributed by atoms with Crippen LogP contribution >= 0.6 is 0 Å². The summed E-state index contributed by atoms with van der Waals surface area (Å²) in [7, 11) is 4.67. The number of aryl methyl sites for hydroxylation is 1. The molecule has 1 atom stereocenters. The van der Waals surface area contributed by atoms with Gasteiger partial charge in [-0.05, 0) is 18.1 Å². The molecule has 0 aliphatic rings. The van der Waals surface area contributed by atoms with Crippen LogP contribution in [-0.4, -0.2) is 39.5 Å². The van der Waals surface area contributed by atoms with Gasteiger partial charge in [0.15, 0.2) is 0 Å². The maximum Gasteiger partial charge on any atom is 0.243 e. The first-order chi connectivity index (χ1) is 13.6. The Hall–Kier alpha value is -2.74. The molecule has 2 aromatic rings. The highest BCUT2D eigenvalue weighted by molar-refractivity contribution is 6.01. The first kappa shape index (κ1) is 21.6. The average molecular weight is 385 g/mol. The van der Waals surface area contributed by atoms with Crippen LogP contribution in [0.1, 0.15) is 28.3 Å². The summed E-state index contributed by atoms with van der Waals surface area (Å²) in [6.45, 7) is 2.50. The summed E-state index contributed by atoms with van der Waals surface area (Å²) in [5.41, 5.74) is 6.99. The molecule has 2 rings (SSSR count). The van der Waals surface area contributed by atoms with Crippen molar-refractivity contribution in [2.75, 3.05) is 27.9 Å². The molecular weight excluding hydrogens is 358 g/mol. The lowest BCUT2D eigenvalue weighted by atomic mass is 9.96. The Kier molecular flexibility index (Phi) is 8.61. The van der Waals surface area contributed by atoms with Gasteiger partial charge in [0.1, 0.15) is 18.4 Å². The van der Waals surface area contributed by atoms with Gasteiger partial charge in [-0.2, -0.15) is 5.48 Å². The summed E-state index contributed by atoms with van der Waals surface area (Å²) in [5, 5.41) is 6.91. The molecule has 0 aliphatic carbocycles. The van der Waals surface area contributed by atoms with E-state index in [0.717, 1.165) is 22.3 Å². The summed E-state index contributed by atoms with van der Waals surface area (Å²) in [6.07, 6.45) is 0. The van der Waals surface area contributed by atoms with Gasteiger partial charge in [-0.15, -0.1) is 0 Å². The van der Waals surface area contributed by atoms with Crippen molar-refractivity contribution in [1.82, 2.24) is 10.8 Å². The molecule has 0 fully saturated rings. The zero-order chi connectivity index (χ0) is 20.4. The summed E-state index contributed by atoms with van der Waals surface area (Å²) < 4.78 is 5.23. The second-order valence-corrected chi connectivity index (χ2v) is 6.12. The average Bonchev–Trinajstić information content (AvgIpc) is 2.72. The zero-order valence-corrected chi connectivity index (χ0v) is 16.7. The maximum atomic E-state index is 12.3. The van der Waals surface area contributed by atoms with E-state index in [0.29, 0.717) is 12.3 Å². The van der Waals surface area contributed by atoms with Crippen LogP contribution in [0.4, 0.5) is 0 Å². The van der Waals surface area contributed by atoms with Crippen molar-refractivity contribution in [1.29, 1.82) is 0 Å². The molecule has 1 unspecified atom stereocenters. The van der Waals surface area contributed by atoms with Crippen molar-refractivity contribution in [3.63, 3.8) is 0 Å². The number of rotatable bonds is 10. The van der Waals surface area contributed by atoms with Crippen LogP contribution in [0.15, 0.2) is 53.7 Å². The first-order valence-corrected chi connectivity index (χ1v) is 8.94. The van der Waals surface area contributed by atoms with Gasteiger partial charge in [-0.1, -0.05) is 53.7 Å². The minimum atomic E-state index is -0.662. The monoisotopic (exact) mass is 385 g/mol. The molecule has 0 heterocycles. The number of oxime groups is 1. The normalized spacial score (nSPS) is 12.5. The fourth-order valence-electron chi connectivity index (χ4n) is 2.82. The van der Waals surface area contributed by atoms with E-state index in [1.807, 2.05) is 55.5 Å². The largest absolute Gasteiger partial charge is 0.391 e. The fraction of sp³-hybridized carbons (Fsp3) is 0.333. The number of likely N-dealkylation sites (N-methyl/N-ethyl adjacent to an activating group) is 1. The van der Waals surface area contributed by atoms with Gasteiger partial charge >= 0.3 is 0 Å². The van der Waals surface area contributed by atoms with E-state index >= 15 is 0 Å². The molecule has 28 heavy (non-hydrogen) atoms. The first-order valence-electron chi connectivity index (χ1n) is 8.94. The Morgan fingerprint density at radius 1 is 1.11 bits per heavy atom. The number of hydrogen-bond donors (Lipinski definition) is 2. The number of amides is 1. The molecule has 0 aliphatic heterocycles. The lowest BCUT2D eigenvalue weighted by molar-refractivity contribution is -0.126. The number of nitrogens with one attached hydrogen (secondary N) is 2. The summed E-state index contributed by atoms with van der Waals surface area (Å²) in [5.74, 6) is -0.207. The molecule has 0 saturated heterocycles. The van der Waals surface area contributed by atoms with Gasteiger partial charge in [0.25, 0.3) is 0 Å². The van der Waals surface area contributed by atoms with Gasteiger partial charge in [0.05, 0.1) is 13.7 Å². The highest BCUT2D eigenvalue weighted by atomic mass is 16.6. The molecule has 7 heteroatoms. The van der Waals surface area contributed by atoms with Gasteiger partial charge in [0, 0.05) is 25.3 Å². The van der Waals surface area contributed by atoms with Crippen molar-refractivity contribution in [2.45, 2.75) is 19.6 Å². The van der Waals surface area contributed by atoms with Crippen molar-refractivity contribution in [3.8, 4) is 0 Å². The minimum Gasteiger partial charge on any atom is -0.391 e. The molecule has 150 valence electrons. The number of hydroxylamine groups is 1. The second-order valence-electron chi connectivity index (χ2n) is 6.12. The van der Waals surface area contributed by atoms with E-state index in [9.17, 15) is 4.79 Å². The molecule has 2 N–H and O–H groups in total. The summed E-state index contributed by atoms with van der Waals surface area (Å²) in [6, 6.07) is 14.8. The molecular formula is C21H27N3O4. The molecule has 0 spiro atoms. The number of benzene rings is 2. The maximum absolute atomic E-state index is 12.3. The molecule has 2 aromatic carbocycles. The standard InChI is InChI=1S/C21H27N3O4/c1-15-9-8-12-17(20(24-27-4)21(25)22-2)18(15)13-28-23-19(14-26-3)16-10-6-5-7-11-16/h5-12,20,24H,13-14H2,1-4H3,(H,22,25)/b23-19+. The Bertz CT molecular complexity index is 793.